The van der Waals surface area contributed by atoms with Crippen LogP contribution in [0.4, 0.5) is 11.4 Å². The molecule has 2 aliphatic heterocycles. The summed E-state index contributed by atoms with van der Waals surface area (Å²) in [6.07, 6.45) is 10.7. The number of phenolic OH excluding ortho intramolecular Hbond substituents is 1. The normalized spacial score (nSPS) is 24.0. The van der Waals surface area contributed by atoms with Crippen molar-refractivity contribution in [3.63, 3.8) is 0 Å². The molecule has 0 bridgehead atoms. The molecule has 3 unspecified atom stereocenters. The Bertz CT molecular complexity index is 1310. The Kier molecular flexibility index (Phi) is 7.60. The van der Waals surface area contributed by atoms with E-state index < -0.39 is 0 Å². The lowest BCUT2D eigenvalue weighted by atomic mass is 9.89. The molecule has 1 saturated carbocycles. The van der Waals surface area contributed by atoms with E-state index in [1.807, 2.05) is 24.3 Å². The Morgan fingerprint density at radius 1 is 1.16 bits per heavy atom. The molecule has 7 heteroatoms. The number of guanidine groups is 1. The number of nitrogens with one attached hydrogen (secondary N) is 2. The van der Waals surface area contributed by atoms with Crippen molar-refractivity contribution in [2.75, 3.05) is 10.6 Å². The number of thioether (sulfide) groups is 1. The number of carbonyl (C=O) groups excluding carboxylic acids is 1. The van der Waals surface area contributed by atoms with Crippen LogP contribution in [0, 0.1) is 0 Å². The standard InChI is InChI=1S/C30H32N4O2S/c1-3-19-9-8-12-20(14-13-19)22-17-26(35)25(18-24(22)31-27(36)4-2)33-30-32-23-15-16-37-29(23)28(34-30)21-10-6-5-7-11-21/h3-7,10-11,15-18,20,28-29,35H,2,8-9,12-14H2,1H3,(H,31,36)(H,33,34)/b19-3+. The molecule has 0 saturated heterocycles. The van der Waals surface area contributed by atoms with Crippen LogP contribution in [-0.4, -0.2) is 27.9 Å². The first-order valence-corrected chi connectivity index (χ1v) is 13.7. The Balaban J connectivity index is 1.47. The monoisotopic (exact) mass is 512 g/mol. The fourth-order valence-electron chi connectivity index (χ4n) is 5.26. The van der Waals surface area contributed by atoms with Gasteiger partial charge in [-0.2, -0.15) is 0 Å². The topological polar surface area (TPSA) is 86.1 Å². The van der Waals surface area contributed by atoms with Crippen molar-refractivity contribution in [1.29, 1.82) is 0 Å². The second-order valence-corrected chi connectivity index (χ2v) is 10.6. The second kappa shape index (κ2) is 11.2. The summed E-state index contributed by atoms with van der Waals surface area (Å²) in [7, 11) is 0. The van der Waals surface area contributed by atoms with Gasteiger partial charge in [-0.15, -0.1) is 11.8 Å². The summed E-state index contributed by atoms with van der Waals surface area (Å²) in [5, 5.41) is 19.5. The van der Waals surface area contributed by atoms with Gasteiger partial charge in [-0.05, 0) is 85.8 Å². The number of aliphatic imine (C=N–C) groups is 2. The van der Waals surface area contributed by atoms with Crippen LogP contribution in [0.25, 0.3) is 0 Å². The van der Waals surface area contributed by atoms with E-state index in [4.69, 9.17) is 9.98 Å². The number of fused-ring (bicyclic) bond motifs is 1. The van der Waals surface area contributed by atoms with E-state index in [1.165, 1.54) is 11.6 Å². The molecule has 2 aromatic rings. The van der Waals surface area contributed by atoms with Gasteiger partial charge in [-0.1, -0.05) is 48.6 Å². The Morgan fingerprint density at radius 3 is 2.78 bits per heavy atom. The molecule has 37 heavy (non-hydrogen) atoms. The van der Waals surface area contributed by atoms with Crippen molar-refractivity contribution in [2.24, 2.45) is 9.98 Å². The lowest BCUT2D eigenvalue weighted by Gasteiger charge is -2.26. The molecule has 0 aromatic heterocycles. The molecule has 3 aliphatic rings. The van der Waals surface area contributed by atoms with Crippen LogP contribution in [0.3, 0.4) is 0 Å². The number of anilines is 2. The molecule has 3 atom stereocenters. The van der Waals surface area contributed by atoms with Gasteiger partial charge in [-0.3, -0.25) is 4.79 Å². The molecule has 5 rings (SSSR count). The zero-order valence-electron chi connectivity index (χ0n) is 21.0. The zero-order valence-corrected chi connectivity index (χ0v) is 21.8. The number of aromatic hydroxyl groups is 1. The summed E-state index contributed by atoms with van der Waals surface area (Å²) in [5.41, 5.74) is 5.62. The van der Waals surface area contributed by atoms with Crippen molar-refractivity contribution in [3.05, 3.63) is 89.4 Å². The number of carbonyl (C=O) groups is 1. The van der Waals surface area contributed by atoms with Crippen LogP contribution in [0.5, 0.6) is 5.75 Å². The lowest BCUT2D eigenvalue weighted by Crippen LogP contribution is -2.28. The van der Waals surface area contributed by atoms with Gasteiger partial charge in [0, 0.05) is 5.69 Å². The summed E-state index contributed by atoms with van der Waals surface area (Å²) in [6.45, 7) is 5.70. The third-order valence-corrected chi connectivity index (χ3v) is 8.34. The van der Waals surface area contributed by atoms with E-state index in [-0.39, 0.29) is 28.9 Å². The van der Waals surface area contributed by atoms with Crippen LogP contribution in [0.1, 0.15) is 62.1 Å². The minimum Gasteiger partial charge on any atom is -0.506 e. The number of rotatable bonds is 5. The van der Waals surface area contributed by atoms with Gasteiger partial charge in [0.15, 0.2) is 0 Å². The highest BCUT2D eigenvalue weighted by atomic mass is 32.2. The molecule has 2 aromatic carbocycles. The van der Waals surface area contributed by atoms with E-state index in [9.17, 15) is 9.90 Å². The molecule has 1 amide bonds. The van der Waals surface area contributed by atoms with Crippen molar-refractivity contribution >= 4 is 40.7 Å². The van der Waals surface area contributed by atoms with Crippen molar-refractivity contribution < 1.29 is 9.90 Å². The molecule has 3 N–H and O–H groups in total. The summed E-state index contributed by atoms with van der Waals surface area (Å²) in [5.74, 6) is 0.507. The SMILES string of the molecule is C=CC(=O)Nc1cc(NC2=NC(c3ccccc3)C3SC=CC3=N2)c(O)cc1C1CCC/C(=C\C)CC1. The predicted octanol–water partition coefficient (Wildman–Crippen LogP) is 7.10. The number of benzene rings is 2. The average molecular weight is 513 g/mol. The van der Waals surface area contributed by atoms with Crippen LogP contribution >= 0.6 is 11.8 Å². The van der Waals surface area contributed by atoms with E-state index in [0.29, 0.717) is 17.3 Å². The van der Waals surface area contributed by atoms with E-state index >= 15 is 0 Å². The van der Waals surface area contributed by atoms with Crippen molar-refractivity contribution in [1.82, 2.24) is 0 Å². The number of phenols is 1. The van der Waals surface area contributed by atoms with Gasteiger partial charge in [0.2, 0.25) is 11.9 Å². The molecule has 6 nitrogen and oxygen atoms in total. The largest absolute Gasteiger partial charge is 0.506 e. The predicted molar refractivity (Wildman–Crippen MR) is 155 cm³/mol. The maximum absolute atomic E-state index is 12.3. The minimum absolute atomic E-state index is 0.0932. The smallest absolute Gasteiger partial charge is 0.247 e. The van der Waals surface area contributed by atoms with E-state index in [0.717, 1.165) is 48.9 Å². The molecular formula is C30H32N4O2S. The summed E-state index contributed by atoms with van der Waals surface area (Å²) >= 11 is 1.72. The Labute approximate surface area is 222 Å². The quantitative estimate of drug-likeness (QED) is 0.131. The van der Waals surface area contributed by atoms with Crippen LogP contribution in [-0.2, 0) is 4.79 Å². The van der Waals surface area contributed by atoms with E-state index in [2.05, 4.69) is 47.8 Å². The third kappa shape index (κ3) is 5.57. The zero-order chi connectivity index (χ0) is 25.8. The van der Waals surface area contributed by atoms with Crippen LogP contribution in [0.15, 0.2) is 88.2 Å². The third-order valence-electron chi connectivity index (χ3n) is 7.25. The second-order valence-electron chi connectivity index (χ2n) is 9.55. The number of nitrogens with zero attached hydrogens (tertiary/aromatic N) is 2. The number of amides is 1. The average Bonchev–Trinajstić information content (AvgIpc) is 3.26. The molecule has 0 radical (unpaired) electrons. The lowest BCUT2D eigenvalue weighted by molar-refractivity contribution is -0.111. The molecular weight excluding hydrogens is 480 g/mol. The van der Waals surface area contributed by atoms with Crippen molar-refractivity contribution in [3.8, 4) is 5.75 Å². The van der Waals surface area contributed by atoms with Gasteiger partial charge >= 0.3 is 0 Å². The fraction of sp³-hybridized carbons (Fsp3) is 0.300. The summed E-state index contributed by atoms with van der Waals surface area (Å²) in [4.78, 5) is 22.0. The maximum Gasteiger partial charge on any atom is 0.247 e. The summed E-state index contributed by atoms with van der Waals surface area (Å²) < 4.78 is 0. The first-order chi connectivity index (χ1) is 18.1. The van der Waals surface area contributed by atoms with E-state index in [1.54, 1.807) is 23.9 Å². The summed E-state index contributed by atoms with van der Waals surface area (Å²) in [6, 6.07) is 13.7. The minimum atomic E-state index is -0.281. The fourth-order valence-corrected chi connectivity index (χ4v) is 6.29. The van der Waals surface area contributed by atoms with Crippen LogP contribution < -0.4 is 10.6 Å². The Morgan fingerprint density at radius 2 is 2.00 bits per heavy atom. The first kappa shape index (κ1) is 25.1. The molecule has 0 spiro atoms. The first-order valence-electron chi connectivity index (χ1n) is 12.8. The van der Waals surface area contributed by atoms with Gasteiger partial charge in [-0.25, -0.2) is 9.98 Å². The van der Waals surface area contributed by atoms with Crippen molar-refractivity contribution in [2.45, 2.75) is 56.2 Å². The molecule has 1 aliphatic carbocycles. The molecule has 1 fully saturated rings. The molecule has 190 valence electrons. The van der Waals surface area contributed by atoms with Gasteiger partial charge in [0.1, 0.15) is 5.75 Å². The van der Waals surface area contributed by atoms with Gasteiger partial charge in [0.05, 0.1) is 22.7 Å². The highest BCUT2D eigenvalue weighted by molar-refractivity contribution is 8.04. The number of hydrogen-bond acceptors (Lipinski definition) is 6. The highest BCUT2D eigenvalue weighted by Gasteiger charge is 2.33. The highest BCUT2D eigenvalue weighted by Crippen LogP contribution is 2.42. The van der Waals surface area contributed by atoms with Gasteiger partial charge < -0.3 is 15.7 Å². The number of allylic oxidation sites excluding steroid dienone is 3. The van der Waals surface area contributed by atoms with Gasteiger partial charge in [0.25, 0.3) is 0 Å². The Hall–Kier alpha value is -3.58. The molecule has 2 heterocycles. The van der Waals surface area contributed by atoms with Crippen LogP contribution in [0.2, 0.25) is 0 Å². The maximum atomic E-state index is 12.3. The number of hydrogen-bond donors (Lipinski definition) is 3.